The molecule has 0 bridgehead atoms. The van der Waals surface area contributed by atoms with E-state index in [4.69, 9.17) is 9.57 Å². The number of anilines is 1. The molecule has 1 N–H and O–H groups in total. The number of nitrogens with zero attached hydrogens (tertiary/aromatic N) is 1. The highest BCUT2D eigenvalue weighted by molar-refractivity contribution is 5.74. The highest BCUT2D eigenvalue weighted by atomic mass is 16.7. The molecule has 24 heavy (non-hydrogen) atoms. The van der Waals surface area contributed by atoms with Gasteiger partial charge in [-0.05, 0) is 29.8 Å². The van der Waals surface area contributed by atoms with Crippen LogP contribution in [0.1, 0.15) is 25.0 Å². The summed E-state index contributed by atoms with van der Waals surface area (Å²) in [6.45, 7) is 4.45. The summed E-state index contributed by atoms with van der Waals surface area (Å²) < 4.78 is 5.34. The Hall–Kier alpha value is -2.46. The van der Waals surface area contributed by atoms with Gasteiger partial charge in [0, 0.05) is 23.7 Å². The maximum atomic E-state index is 6.19. The number of likely N-dealkylation sites (N-methyl/N-ethyl adjacent to an activating group) is 1. The zero-order chi connectivity index (χ0) is 16.9. The minimum atomic E-state index is -0.560. The van der Waals surface area contributed by atoms with Crippen LogP contribution in [0.4, 0.5) is 5.69 Å². The first-order chi connectivity index (χ1) is 11.5. The molecule has 1 spiro atoms. The van der Waals surface area contributed by atoms with Crippen LogP contribution < -0.4 is 15.1 Å². The second-order valence-corrected chi connectivity index (χ2v) is 6.89. The molecule has 4 rings (SSSR count). The van der Waals surface area contributed by atoms with Gasteiger partial charge in [-0.2, -0.15) is 0 Å². The molecular formula is C20H22N2O2. The van der Waals surface area contributed by atoms with E-state index in [1.165, 1.54) is 11.3 Å². The van der Waals surface area contributed by atoms with Crippen LogP contribution in [0.25, 0.3) is 5.70 Å². The second-order valence-electron chi connectivity index (χ2n) is 6.89. The number of benzene rings is 2. The van der Waals surface area contributed by atoms with E-state index in [0.29, 0.717) is 0 Å². The number of para-hydroxylation sites is 1. The lowest BCUT2D eigenvalue weighted by Gasteiger charge is -2.39. The molecule has 0 fully saturated rings. The molecule has 2 aliphatic rings. The topological polar surface area (TPSA) is 33.7 Å². The zero-order valence-electron chi connectivity index (χ0n) is 14.5. The Morgan fingerprint density at radius 3 is 2.62 bits per heavy atom. The first kappa shape index (κ1) is 15.1. The summed E-state index contributed by atoms with van der Waals surface area (Å²) in [5.74, 6) is 0.832. The van der Waals surface area contributed by atoms with E-state index in [2.05, 4.69) is 67.7 Å². The van der Waals surface area contributed by atoms with E-state index in [-0.39, 0.29) is 5.41 Å². The van der Waals surface area contributed by atoms with Crippen LogP contribution in [0.3, 0.4) is 0 Å². The highest BCUT2D eigenvalue weighted by Crippen LogP contribution is 2.54. The van der Waals surface area contributed by atoms with E-state index in [1.807, 2.05) is 18.2 Å². The number of methoxy groups -OCH3 is 1. The van der Waals surface area contributed by atoms with E-state index >= 15 is 0 Å². The molecule has 4 nitrogen and oxygen atoms in total. The average Bonchev–Trinajstić information content (AvgIpc) is 3.13. The molecule has 0 radical (unpaired) electrons. The van der Waals surface area contributed by atoms with Crippen LogP contribution in [0.15, 0.2) is 54.6 Å². The molecule has 0 unspecified atom stereocenters. The summed E-state index contributed by atoms with van der Waals surface area (Å²) in [7, 11) is 3.76. The molecular weight excluding hydrogens is 300 g/mol. The zero-order valence-corrected chi connectivity index (χ0v) is 14.5. The molecule has 2 aliphatic heterocycles. The van der Waals surface area contributed by atoms with Crippen molar-refractivity contribution >= 4 is 11.4 Å². The number of rotatable bonds is 2. The van der Waals surface area contributed by atoms with Crippen LogP contribution in [-0.2, 0) is 10.3 Å². The fraction of sp³-hybridized carbons (Fsp3) is 0.300. The lowest BCUT2D eigenvalue weighted by molar-refractivity contribution is -0.0678. The third kappa shape index (κ3) is 1.83. The van der Waals surface area contributed by atoms with Crippen molar-refractivity contribution in [2.24, 2.45) is 0 Å². The van der Waals surface area contributed by atoms with Crippen molar-refractivity contribution in [3.05, 3.63) is 65.7 Å². The highest BCUT2D eigenvalue weighted by Gasteiger charge is 2.58. The molecule has 1 atom stereocenters. The first-order valence-electron chi connectivity index (χ1n) is 8.14. The van der Waals surface area contributed by atoms with E-state index in [1.54, 1.807) is 7.11 Å². The SMILES string of the molecule is COc1cccc(C2=C[C@]3(ON2)N(C)c2ccccc2C3(C)C)c1. The molecule has 0 saturated heterocycles. The molecule has 2 aromatic carbocycles. The Labute approximate surface area is 142 Å². The Morgan fingerprint density at radius 2 is 1.88 bits per heavy atom. The molecule has 124 valence electrons. The molecule has 0 aliphatic carbocycles. The maximum absolute atomic E-state index is 6.19. The number of hydrogen-bond acceptors (Lipinski definition) is 4. The van der Waals surface area contributed by atoms with Crippen molar-refractivity contribution in [3.63, 3.8) is 0 Å². The van der Waals surface area contributed by atoms with Gasteiger partial charge in [0.05, 0.1) is 12.8 Å². The Morgan fingerprint density at radius 1 is 1.08 bits per heavy atom. The fourth-order valence-corrected chi connectivity index (χ4v) is 3.88. The van der Waals surface area contributed by atoms with Gasteiger partial charge in [-0.3, -0.25) is 5.48 Å². The van der Waals surface area contributed by atoms with Gasteiger partial charge < -0.3 is 9.64 Å². The fourth-order valence-electron chi connectivity index (χ4n) is 3.88. The number of ether oxygens (including phenoxy) is 1. The number of nitrogens with one attached hydrogen (secondary N) is 1. The normalized spacial score (nSPS) is 23.8. The monoisotopic (exact) mass is 322 g/mol. The average molecular weight is 322 g/mol. The first-order valence-corrected chi connectivity index (χ1v) is 8.14. The van der Waals surface area contributed by atoms with Crippen molar-refractivity contribution in [1.82, 2.24) is 5.48 Å². The minimum absolute atomic E-state index is 0.189. The quantitative estimate of drug-likeness (QED) is 0.914. The summed E-state index contributed by atoms with van der Waals surface area (Å²) in [5, 5.41) is 0. The van der Waals surface area contributed by atoms with Crippen LogP contribution in [0.5, 0.6) is 5.75 Å². The van der Waals surface area contributed by atoms with Crippen LogP contribution in [0.2, 0.25) is 0 Å². The van der Waals surface area contributed by atoms with Gasteiger partial charge in [0.2, 0.25) is 0 Å². The molecule has 0 amide bonds. The summed E-state index contributed by atoms with van der Waals surface area (Å²) in [6, 6.07) is 16.5. The lowest BCUT2D eigenvalue weighted by Crippen LogP contribution is -2.54. The van der Waals surface area contributed by atoms with Gasteiger partial charge in [-0.15, -0.1) is 0 Å². The predicted molar refractivity (Wildman–Crippen MR) is 95.8 cm³/mol. The summed E-state index contributed by atoms with van der Waals surface area (Å²) in [6.07, 6.45) is 2.18. The predicted octanol–water partition coefficient (Wildman–Crippen LogP) is 3.69. The van der Waals surface area contributed by atoms with Crippen molar-refractivity contribution in [3.8, 4) is 5.75 Å². The van der Waals surface area contributed by atoms with E-state index in [0.717, 1.165) is 17.0 Å². The molecule has 0 saturated carbocycles. The van der Waals surface area contributed by atoms with Crippen molar-refractivity contribution in [2.45, 2.75) is 25.0 Å². The van der Waals surface area contributed by atoms with Gasteiger partial charge in [0.1, 0.15) is 5.75 Å². The van der Waals surface area contributed by atoms with Gasteiger partial charge >= 0.3 is 0 Å². The van der Waals surface area contributed by atoms with Gasteiger partial charge in [-0.1, -0.05) is 44.2 Å². The van der Waals surface area contributed by atoms with Crippen LogP contribution >= 0.6 is 0 Å². The molecule has 0 aromatic heterocycles. The Balaban J connectivity index is 1.81. The summed E-state index contributed by atoms with van der Waals surface area (Å²) >= 11 is 0. The number of hydroxylamine groups is 1. The summed E-state index contributed by atoms with van der Waals surface area (Å²) in [4.78, 5) is 8.41. The Bertz CT molecular complexity index is 828. The standard InChI is InChI=1S/C20H22N2O2/c1-19(2)16-10-5-6-11-18(16)22(3)20(19)13-17(21-24-20)14-8-7-9-15(12-14)23-4/h5-13,21H,1-4H3/t20-/m1/s1. The van der Waals surface area contributed by atoms with E-state index < -0.39 is 5.72 Å². The van der Waals surface area contributed by atoms with Crippen molar-refractivity contribution < 1.29 is 9.57 Å². The molecule has 2 aromatic rings. The largest absolute Gasteiger partial charge is 0.497 e. The third-order valence-electron chi connectivity index (χ3n) is 5.37. The van der Waals surface area contributed by atoms with Gasteiger partial charge in [0.15, 0.2) is 5.72 Å². The molecule has 4 heteroatoms. The molecule has 2 heterocycles. The van der Waals surface area contributed by atoms with E-state index in [9.17, 15) is 0 Å². The number of hydrogen-bond donors (Lipinski definition) is 1. The van der Waals surface area contributed by atoms with Gasteiger partial charge in [0.25, 0.3) is 0 Å². The third-order valence-corrected chi connectivity index (χ3v) is 5.37. The number of fused-ring (bicyclic) bond motifs is 1. The second kappa shape index (κ2) is 5.02. The summed E-state index contributed by atoms with van der Waals surface area (Å²) in [5.41, 5.74) is 6.89. The maximum Gasteiger partial charge on any atom is 0.197 e. The lowest BCUT2D eigenvalue weighted by atomic mass is 9.77. The van der Waals surface area contributed by atoms with Crippen LogP contribution in [-0.4, -0.2) is 19.9 Å². The van der Waals surface area contributed by atoms with Crippen LogP contribution in [0, 0.1) is 0 Å². The van der Waals surface area contributed by atoms with Gasteiger partial charge in [-0.25, -0.2) is 4.84 Å². The Kier molecular flexibility index (Phi) is 3.15. The smallest absolute Gasteiger partial charge is 0.197 e. The minimum Gasteiger partial charge on any atom is -0.497 e. The van der Waals surface area contributed by atoms with Crippen molar-refractivity contribution in [2.75, 3.05) is 19.1 Å². The van der Waals surface area contributed by atoms with Crippen molar-refractivity contribution in [1.29, 1.82) is 0 Å².